The van der Waals surface area contributed by atoms with E-state index in [1.54, 1.807) is 18.2 Å². The predicted octanol–water partition coefficient (Wildman–Crippen LogP) is 5.34. The quantitative estimate of drug-likeness (QED) is 0.363. The van der Waals surface area contributed by atoms with E-state index in [9.17, 15) is 14.4 Å². The van der Waals surface area contributed by atoms with Crippen molar-refractivity contribution < 1.29 is 14.4 Å². The maximum Gasteiger partial charge on any atom is 0.234 e. The van der Waals surface area contributed by atoms with Crippen LogP contribution in [0.25, 0.3) is 11.3 Å². The summed E-state index contributed by atoms with van der Waals surface area (Å²) in [6, 6.07) is 16.0. The largest absolute Gasteiger partial charge is 0.302 e. The molecule has 2 bridgehead atoms. The number of thiazole rings is 1. The number of imide groups is 1. The van der Waals surface area contributed by atoms with Crippen molar-refractivity contribution in [1.29, 1.82) is 0 Å². The highest BCUT2D eigenvalue weighted by Gasteiger charge is 2.60. The van der Waals surface area contributed by atoms with Gasteiger partial charge in [0.15, 0.2) is 5.13 Å². The zero-order valence-corrected chi connectivity index (χ0v) is 20.2. The minimum absolute atomic E-state index is 0.0692. The van der Waals surface area contributed by atoms with Crippen LogP contribution in [0.1, 0.15) is 24.4 Å². The molecule has 3 aromatic rings. The molecular formula is C27H22ClN3O3S. The Balaban J connectivity index is 1.26. The zero-order valence-electron chi connectivity index (χ0n) is 18.6. The second-order valence-corrected chi connectivity index (χ2v) is 10.6. The van der Waals surface area contributed by atoms with Crippen LogP contribution in [0.2, 0.25) is 5.02 Å². The van der Waals surface area contributed by atoms with Crippen molar-refractivity contribution in [3.63, 3.8) is 0 Å². The van der Waals surface area contributed by atoms with Crippen LogP contribution in [-0.2, 0) is 14.4 Å². The number of nitrogens with zero attached hydrogens (tertiary/aromatic N) is 2. The molecule has 1 saturated carbocycles. The number of fused-ring (bicyclic) bond motifs is 5. The Morgan fingerprint density at radius 2 is 1.77 bits per heavy atom. The summed E-state index contributed by atoms with van der Waals surface area (Å²) in [6.45, 7) is 0. The zero-order chi connectivity index (χ0) is 24.1. The fourth-order valence-corrected chi connectivity index (χ4v) is 6.66. The monoisotopic (exact) mass is 503 g/mol. The third-order valence-corrected chi connectivity index (χ3v) is 8.24. The Morgan fingerprint density at radius 1 is 1.06 bits per heavy atom. The van der Waals surface area contributed by atoms with Crippen LogP contribution in [0, 0.1) is 23.7 Å². The van der Waals surface area contributed by atoms with Gasteiger partial charge in [-0.05, 0) is 36.0 Å². The third-order valence-electron chi connectivity index (χ3n) is 7.25. The molecule has 2 aliphatic carbocycles. The number of halogens is 1. The number of allylic oxidation sites excluding steroid dienone is 2. The Hall–Kier alpha value is -3.29. The molecule has 2 heterocycles. The van der Waals surface area contributed by atoms with Crippen molar-refractivity contribution in [2.24, 2.45) is 23.7 Å². The number of rotatable bonds is 6. The fourth-order valence-electron chi connectivity index (χ4n) is 5.72. The first-order valence-corrected chi connectivity index (χ1v) is 12.9. The van der Waals surface area contributed by atoms with Crippen LogP contribution in [0.4, 0.5) is 5.13 Å². The SMILES string of the molecule is O=C(CC(c1cccc(Cl)c1)N1C(=O)C2C3C=CC(C3)C2C1=O)Nc1nc(-c2ccccc2)cs1. The number of carbonyl (C=O) groups is 3. The van der Waals surface area contributed by atoms with Crippen molar-refractivity contribution in [2.75, 3.05) is 5.32 Å². The number of hydrogen-bond donors (Lipinski definition) is 1. The lowest BCUT2D eigenvalue weighted by Gasteiger charge is -2.28. The Labute approximate surface area is 211 Å². The van der Waals surface area contributed by atoms with Crippen LogP contribution >= 0.6 is 22.9 Å². The van der Waals surface area contributed by atoms with E-state index >= 15 is 0 Å². The van der Waals surface area contributed by atoms with E-state index in [0.29, 0.717) is 15.7 Å². The summed E-state index contributed by atoms with van der Waals surface area (Å²) in [5.41, 5.74) is 2.40. The summed E-state index contributed by atoms with van der Waals surface area (Å²) in [6.07, 6.45) is 4.92. The molecule has 2 fully saturated rings. The topological polar surface area (TPSA) is 79.4 Å². The van der Waals surface area contributed by atoms with Crippen molar-refractivity contribution in [3.8, 4) is 11.3 Å². The number of aromatic nitrogens is 1. The standard InChI is InChI=1S/C27H22ClN3O3S/c28-19-8-4-7-16(12-19)21(31-25(33)23-17-9-10-18(11-17)24(23)26(31)34)13-22(32)30-27-29-20(14-35-27)15-5-2-1-3-6-15/h1-10,12,14,17-18,21,23-24H,11,13H2,(H,29,30,32). The van der Waals surface area contributed by atoms with Gasteiger partial charge in [-0.1, -0.05) is 66.2 Å². The van der Waals surface area contributed by atoms with Crippen LogP contribution in [-0.4, -0.2) is 27.6 Å². The van der Waals surface area contributed by atoms with Gasteiger partial charge in [0.25, 0.3) is 0 Å². The molecule has 5 atom stereocenters. The van der Waals surface area contributed by atoms with Gasteiger partial charge in [0.2, 0.25) is 17.7 Å². The number of anilines is 1. The maximum atomic E-state index is 13.5. The minimum atomic E-state index is -0.729. The highest BCUT2D eigenvalue weighted by molar-refractivity contribution is 7.14. The molecule has 0 radical (unpaired) electrons. The molecule has 35 heavy (non-hydrogen) atoms. The van der Waals surface area contributed by atoms with Crippen LogP contribution in [0.15, 0.2) is 72.1 Å². The van der Waals surface area contributed by atoms with Crippen molar-refractivity contribution in [1.82, 2.24) is 9.88 Å². The van der Waals surface area contributed by atoms with Gasteiger partial charge in [-0.25, -0.2) is 4.98 Å². The number of benzene rings is 2. The molecule has 176 valence electrons. The molecule has 3 amide bonds. The lowest BCUT2D eigenvalue weighted by Crippen LogP contribution is -2.38. The van der Waals surface area contributed by atoms with Crippen molar-refractivity contribution >= 4 is 45.8 Å². The summed E-state index contributed by atoms with van der Waals surface area (Å²) in [7, 11) is 0. The van der Waals surface area contributed by atoms with Crippen molar-refractivity contribution in [2.45, 2.75) is 18.9 Å². The molecule has 1 N–H and O–H groups in total. The number of likely N-dealkylation sites (tertiary alicyclic amines) is 1. The highest BCUT2D eigenvalue weighted by Crippen LogP contribution is 2.54. The Morgan fingerprint density at radius 3 is 2.46 bits per heavy atom. The summed E-state index contributed by atoms with van der Waals surface area (Å²) >= 11 is 7.57. The molecule has 0 spiro atoms. The van der Waals surface area contributed by atoms with Gasteiger partial charge < -0.3 is 5.32 Å². The maximum absolute atomic E-state index is 13.5. The molecular weight excluding hydrogens is 482 g/mol. The average Bonchev–Trinajstić information content (AvgIpc) is 3.63. The molecule has 2 aromatic carbocycles. The molecule has 8 heteroatoms. The van der Waals surface area contributed by atoms with Gasteiger partial charge in [-0.2, -0.15) is 0 Å². The Kier molecular flexibility index (Phi) is 5.54. The van der Waals surface area contributed by atoms with Gasteiger partial charge >= 0.3 is 0 Å². The van der Waals surface area contributed by atoms with Gasteiger partial charge in [0.05, 0.1) is 30.0 Å². The molecule has 1 aliphatic heterocycles. The predicted molar refractivity (Wildman–Crippen MR) is 135 cm³/mol. The minimum Gasteiger partial charge on any atom is -0.302 e. The first kappa shape index (κ1) is 22.2. The van der Waals surface area contributed by atoms with E-state index in [-0.39, 0.29) is 47.8 Å². The smallest absolute Gasteiger partial charge is 0.234 e. The first-order chi connectivity index (χ1) is 17.0. The lowest BCUT2D eigenvalue weighted by molar-refractivity contribution is -0.144. The molecule has 6 rings (SSSR count). The second kappa shape index (κ2) is 8.73. The third kappa shape index (κ3) is 3.89. The van der Waals surface area contributed by atoms with E-state index in [1.165, 1.54) is 16.2 Å². The van der Waals surface area contributed by atoms with Crippen LogP contribution in [0.5, 0.6) is 0 Å². The molecule has 1 aromatic heterocycles. The molecule has 5 unspecified atom stereocenters. The average molecular weight is 504 g/mol. The number of amides is 3. The summed E-state index contributed by atoms with van der Waals surface area (Å²) < 4.78 is 0. The lowest BCUT2D eigenvalue weighted by atomic mass is 9.85. The van der Waals surface area contributed by atoms with E-state index in [2.05, 4.69) is 22.5 Å². The number of carbonyl (C=O) groups excluding carboxylic acids is 3. The normalized spacial score (nSPS) is 25.2. The van der Waals surface area contributed by atoms with Gasteiger partial charge in [-0.15, -0.1) is 11.3 Å². The summed E-state index contributed by atoms with van der Waals surface area (Å²) in [4.78, 5) is 46.0. The van der Waals surface area contributed by atoms with Gasteiger partial charge in [0, 0.05) is 16.0 Å². The first-order valence-electron chi connectivity index (χ1n) is 11.6. The molecule has 6 nitrogen and oxygen atoms in total. The van der Waals surface area contributed by atoms with E-state index in [4.69, 9.17) is 11.6 Å². The summed E-state index contributed by atoms with van der Waals surface area (Å²) in [5.74, 6) is -1.13. The second-order valence-electron chi connectivity index (χ2n) is 9.27. The highest BCUT2D eigenvalue weighted by atomic mass is 35.5. The van der Waals surface area contributed by atoms with E-state index < -0.39 is 6.04 Å². The molecule has 1 saturated heterocycles. The van der Waals surface area contributed by atoms with Crippen LogP contribution < -0.4 is 5.32 Å². The van der Waals surface area contributed by atoms with Gasteiger partial charge in [-0.3, -0.25) is 19.3 Å². The van der Waals surface area contributed by atoms with E-state index in [1.807, 2.05) is 41.8 Å². The van der Waals surface area contributed by atoms with Crippen molar-refractivity contribution in [3.05, 3.63) is 82.7 Å². The summed E-state index contributed by atoms with van der Waals surface area (Å²) in [5, 5.41) is 5.70. The van der Waals surface area contributed by atoms with Crippen LogP contribution in [0.3, 0.4) is 0 Å². The van der Waals surface area contributed by atoms with Gasteiger partial charge in [0.1, 0.15) is 0 Å². The number of hydrogen-bond acceptors (Lipinski definition) is 5. The molecule has 3 aliphatic rings. The Bertz CT molecular complexity index is 1320. The van der Waals surface area contributed by atoms with E-state index in [0.717, 1.165) is 17.7 Å². The fraction of sp³-hybridized carbons (Fsp3) is 0.259. The number of nitrogens with one attached hydrogen (secondary N) is 1.